The van der Waals surface area contributed by atoms with Crippen LogP contribution in [-0.4, -0.2) is 11.1 Å². The summed E-state index contributed by atoms with van der Waals surface area (Å²) in [6, 6.07) is 9.51. The van der Waals surface area contributed by atoms with Crippen molar-refractivity contribution >= 4 is 5.97 Å². The first-order valence-corrected chi connectivity index (χ1v) is 4.93. The van der Waals surface area contributed by atoms with Crippen molar-refractivity contribution in [2.45, 2.75) is 25.7 Å². The minimum Gasteiger partial charge on any atom is -0.481 e. The highest BCUT2D eigenvalue weighted by molar-refractivity contribution is 5.66. The van der Waals surface area contributed by atoms with Gasteiger partial charge in [0.05, 0.1) is 11.6 Å². The van der Waals surface area contributed by atoms with Gasteiger partial charge < -0.3 is 5.11 Å². The highest BCUT2D eigenvalue weighted by Gasteiger charge is 1.98. The van der Waals surface area contributed by atoms with Gasteiger partial charge in [-0.1, -0.05) is 12.1 Å². The lowest BCUT2D eigenvalue weighted by Crippen LogP contribution is -1.95. The molecule has 3 nitrogen and oxygen atoms in total. The van der Waals surface area contributed by atoms with E-state index in [0.29, 0.717) is 12.0 Å². The number of benzene rings is 1. The van der Waals surface area contributed by atoms with Crippen molar-refractivity contribution in [2.24, 2.45) is 0 Å². The number of carbonyl (C=O) groups is 1. The van der Waals surface area contributed by atoms with Gasteiger partial charge in [0.15, 0.2) is 0 Å². The number of rotatable bonds is 5. The molecule has 0 saturated carbocycles. The normalized spacial score (nSPS) is 9.53. The zero-order valence-corrected chi connectivity index (χ0v) is 8.44. The number of hydrogen-bond donors (Lipinski definition) is 1. The monoisotopic (exact) mass is 203 g/mol. The molecule has 1 rings (SSSR count). The lowest BCUT2D eigenvalue weighted by atomic mass is 10.0. The zero-order chi connectivity index (χ0) is 11.1. The number of unbranched alkanes of at least 4 members (excludes halogenated alkanes) is 1. The van der Waals surface area contributed by atoms with Crippen molar-refractivity contribution in [1.82, 2.24) is 0 Å². The topological polar surface area (TPSA) is 61.1 Å². The first kappa shape index (κ1) is 11.3. The quantitative estimate of drug-likeness (QED) is 0.747. The van der Waals surface area contributed by atoms with Crippen LogP contribution >= 0.6 is 0 Å². The van der Waals surface area contributed by atoms with Crippen molar-refractivity contribution in [1.29, 1.82) is 5.26 Å². The van der Waals surface area contributed by atoms with Crippen LogP contribution in [0.5, 0.6) is 0 Å². The number of nitriles is 1. The van der Waals surface area contributed by atoms with E-state index in [1.165, 1.54) is 0 Å². The van der Waals surface area contributed by atoms with Crippen molar-refractivity contribution in [3.8, 4) is 6.07 Å². The molecule has 0 fully saturated rings. The Bertz CT molecular complexity index is 379. The predicted octanol–water partition coefficient (Wildman–Crippen LogP) is 2.36. The summed E-state index contributed by atoms with van der Waals surface area (Å²) >= 11 is 0. The largest absolute Gasteiger partial charge is 0.481 e. The fourth-order valence-corrected chi connectivity index (χ4v) is 1.40. The van der Waals surface area contributed by atoms with Crippen LogP contribution in [0.15, 0.2) is 24.3 Å². The van der Waals surface area contributed by atoms with Crippen molar-refractivity contribution in [3.05, 3.63) is 35.4 Å². The molecule has 1 N–H and O–H groups in total. The van der Waals surface area contributed by atoms with E-state index in [1.54, 1.807) is 6.07 Å². The van der Waals surface area contributed by atoms with E-state index in [9.17, 15) is 4.79 Å². The number of hydrogen-bond acceptors (Lipinski definition) is 2. The number of carboxylic acid groups (broad SMARTS) is 1. The lowest BCUT2D eigenvalue weighted by molar-refractivity contribution is -0.137. The Hall–Kier alpha value is -1.82. The standard InChI is InChI=1S/C12H13NO2/c13-9-11-6-3-5-10(8-11)4-1-2-7-12(14)15/h3,5-6,8H,1-2,4,7H2,(H,14,15). The summed E-state index contributed by atoms with van der Waals surface area (Å²) in [7, 11) is 0. The molecule has 0 bridgehead atoms. The molecule has 0 spiro atoms. The number of aliphatic carboxylic acids is 1. The summed E-state index contributed by atoms with van der Waals surface area (Å²) in [6.45, 7) is 0. The second kappa shape index (κ2) is 5.82. The third-order valence-electron chi connectivity index (χ3n) is 2.16. The fourth-order valence-electron chi connectivity index (χ4n) is 1.40. The van der Waals surface area contributed by atoms with Gasteiger partial charge in [0.1, 0.15) is 0 Å². The Balaban J connectivity index is 2.38. The molecule has 0 saturated heterocycles. The molecule has 0 atom stereocenters. The molecule has 0 unspecified atom stereocenters. The summed E-state index contributed by atoms with van der Waals surface area (Å²) in [5, 5.41) is 17.1. The summed E-state index contributed by atoms with van der Waals surface area (Å²) < 4.78 is 0. The number of carboxylic acids is 1. The van der Waals surface area contributed by atoms with Crippen LogP contribution < -0.4 is 0 Å². The van der Waals surface area contributed by atoms with E-state index in [-0.39, 0.29) is 6.42 Å². The molecule has 0 aliphatic carbocycles. The van der Waals surface area contributed by atoms with Crippen LogP contribution in [-0.2, 0) is 11.2 Å². The average molecular weight is 203 g/mol. The second-order valence-corrected chi connectivity index (χ2v) is 3.41. The van der Waals surface area contributed by atoms with Gasteiger partial charge in [0.25, 0.3) is 0 Å². The molecular weight excluding hydrogens is 190 g/mol. The smallest absolute Gasteiger partial charge is 0.303 e. The van der Waals surface area contributed by atoms with Gasteiger partial charge in [0.2, 0.25) is 0 Å². The summed E-state index contributed by atoms with van der Waals surface area (Å²) in [5.74, 6) is -0.749. The maximum Gasteiger partial charge on any atom is 0.303 e. The minimum atomic E-state index is -0.749. The Morgan fingerprint density at radius 2 is 2.20 bits per heavy atom. The Labute approximate surface area is 89.0 Å². The SMILES string of the molecule is N#Cc1cccc(CCCCC(=O)O)c1. The van der Waals surface area contributed by atoms with Crippen LogP contribution in [0.25, 0.3) is 0 Å². The van der Waals surface area contributed by atoms with Crippen molar-refractivity contribution in [3.63, 3.8) is 0 Å². The van der Waals surface area contributed by atoms with Crippen molar-refractivity contribution in [2.75, 3.05) is 0 Å². The maximum absolute atomic E-state index is 10.3. The van der Waals surface area contributed by atoms with Crippen LogP contribution in [0.3, 0.4) is 0 Å². The van der Waals surface area contributed by atoms with Crippen LogP contribution in [0.4, 0.5) is 0 Å². The molecule has 0 radical (unpaired) electrons. The van der Waals surface area contributed by atoms with E-state index in [0.717, 1.165) is 18.4 Å². The van der Waals surface area contributed by atoms with Crippen LogP contribution in [0.2, 0.25) is 0 Å². The fraction of sp³-hybridized carbons (Fsp3) is 0.333. The van der Waals surface area contributed by atoms with Crippen LogP contribution in [0.1, 0.15) is 30.4 Å². The van der Waals surface area contributed by atoms with Gasteiger partial charge in [-0.3, -0.25) is 4.79 Å². The van der Waals surface area contributed by atoms with Crippen LogP contribution in [0, 0.1) is 11.3 Å². The van der Waals surface area contributed by atoms with Gasteiger partial charge in [-0.2, -0.15) is 5.26 Å². The first-order chi connectivity index (χ1) is 7.22. The Kier molecular flexibility index (Phi) is 4.36. The highest BCUT2D eigenvalue weighted by atomic mass is 16.4. The Morgan fingerprint density at radius 3 is 2.87 bits per heavy atom. The number of aryl methyl sites for hydroxylation is 1. The first-order valence-electron chi connectivity index (χ1n) is 4.93. The summed E-state index contributed by atoms with van der Waals surface area (Å²) in [4.78, 5) is 10.3. The summed E-state index contributed by atoms with van der Waals surface area (Å²) in [5.41, 5.74) is 1.75. The lowest BCUT2D eigenvalue weighted by Gasteiger charge is -2.00. The molecule has 0 aliphatic heterocycles. The highest BCUT2D eigenvalue weighted by Crippen LogP contribution is 2.08. The van der Waals surface area contributed by atoms with Gasteiger partial charge in [-0.15, -0.1) is 0 Å². The van der Waals surface area contributed by atoms with Gasteiger partial charge in [-0.05, 0) is 37.0 Å². The van der Waals surface area contributed by atoms with E-state index in [4.69, 9.17) is 10.4 Å². The van der Waals surface area contributed by atoms with E-state index >= 15 is 0 Å². The molecule has 3 heteroatoms. The zero-order valence-electron chi connectivity index (χ0n) is 8.44. The third kappa shape index (κ3) is 4.28. The van der Waals surface area contributed by atoms with E-state index in [1.807, 2.05) is 18.2 Å². The molecule has 0 heterocycles. The second-order valence-electron chi connectivity index (χ2n) is 3.41. The molecule has 1 aromatic rings. The third-order valence-corrected chi connectivity index (χ3v) is 2.16. The predicted molar refractivity (Wildman–Crippen MR) is 56.3 cm³/mol. The molecule has 78 valence electrons. The molecule has 0 aromatic heterocycles. The molecule has 0 amide bonds. The van der Waals surface area contributed by atoms with E-state index in [2.05, 4.69) is 6.07 Å². The van der Waals surface area contributed by atoms with E-state index < -0.39 is 5.97 Å². The Morgan fingerprint density at radius 1 is 1.40 bits per heavy atom. The maximum atomic E-state index is 10.3. The minimum absolute atomic E-state index is 0.220. The van der Waals surface area contributed by atoms with Gasteiger partial charge in [0, 0.05) is 6.42 Å². The van der Waals surface area contributed by atoms with Gasteiger partial charge >= 0.3 is 5.97 Å². The number of nitrogens with zero attached hydrogens (tertiary/aromatic N) is 1. The van der Waals surface area contributed by atoms with Crippen molar-refractivity contribution < 1.29 is 9.90 Å². The molecular formula is C12H13NO2. The average Bonchev–Trinajstić information content (AvgIpc) is 2.24. The molecule has 1 aromatic carbocycles. The summed E-state index contributed by atoms with van der Waals surface area (Å²) in [6.07, 6.45) is 2.59. The molecule has 0 aliphatic rings. The van der Waals surface area contributed by atoms with Gasteiger partial charge in [-0.25, -0.2) is 0 Å². The molecule has 15 heavy (non-hydrogen) atoms.